The molecule has 1 aromatic carbocycles. The topological polar surface area (TPSA) is 99.6 Å². The van der Waals surface area contributed by atoms with Gasteiger partial charge in [0.1, 0.15) is 17.5 Å². The van der Waals surface area contributed by atoms with Gasteiger partial charge >= 0.3 is 0 Å². The molecular weight excluding hydrogens is 264 g/mol. The van der Waals surface area contributed by atoms with Crippen LogP contribution >= 0.6 is 0 Å². The van der Waals surface area contributed by atoms with Crippen LogP contribution in [0.5, 0.6) is 0 Å². The van der Waals surface area contributed by atoms with E-state index in [9.17, 15) is 0 Å². The number of hydrogen-bond acceptors (Lipinski definition) is 6. The molecule has 21 heavy (non-hydrogen) atoms. The first-order valence-corrected chi connectivity index (χ1v) is 6.82. The van der Waals surface area contributed by atoms with Crippen molar-refractivity contribution in [3.8, 4) is 6.07 Å². The van der Waals surface area contributed by atoms with Gasteiger partial charge in [-0.1, -0.05) is 19.1 Å². The number of nitriles is 1. The molecule has 0 fully saturated rings. The number of rotatable bonds is 6. The number of nitrogen functional groups attached to an aromatic ring is 1. The molecule has 1 aromatic heterocycles. The van der Waals surface area contributed by atoms with E-state index >= 15 is 0 Å². The molecule has 0 aliphatic heterocycles. The second kappa shape index (κ2) is 7.22. The third kappa shape index (κ3) is 4.16. The lowest BCUT2D eigenvalue weighted by molar-refractivity contribution is 0.834. The zero-order valence-electron chi connectivity index (χ0n) is 11.9. The Balaban J connectivity index is 2.11. The highest BCUT2D eigenvalue weighted by Gasteiger charge is 2.04. The van der Waals surface area contributed by atoms with E-state index in [1.165, 1.54) is 0 Å². The molecule has 2 rings (SSSR count). The zero-order valence-corrected chi connectivity index (χ0v) is 11.9. The summed E-state index contributed by atoms with van der Waals surface area (Å²) < 4.78 is 0. The van der Waals surface area contributed by atoms with Crippen molar-refractivity contribution in [1.29, 1.82) is 5.26 Å². The number of anilines is 2. The Bertz CT molecular complexity index is 647. The first-order valence-electron chi connectivity index (χ1n) is 6.82. The van der Waals surface area contributed by atoms with Crippen molar-refractivity contribution < 1.29 is 0 Å². The van der Waals surface area contributed by atoms with Crippen LogP contribution in [0.15, 0.2) is 30.3 Å². The van der Waals surface area contributed by atoms with Crippen LogP contribution < -0.4 is 16.6 Å². The van der Waals surface area contributed by atoms with Crippen molar-refractivity contribution >= 4 is 11.6 Å². The number of nitrogens with two attached hydrogens (primary N) is 1. The van der Waals surface area contributed by atoms with E-state index in [1.807, 2.05) is 18.2 Å². The van der Waals surface area contributed by atoms with Crippen molar-refractivity contribution in [3.63, 3.8) is 0 Å². The van der Waals surface area contributed by atoms with Gasteiger partial charge in [0.25, 0.3) is 0 Å². The summed E-state index contributed by atoms with van der Waals surface area (Å²) in [4.78, 5) is 8.74. The fraction of sp³-hybridized carbons (Fsp3) is 0.267. The van der Waals surface area contributed by atoms with E-state index in [0.717, 1.165) is 24.2 Å². The maximum absolute atomic E-state index is 8.90. The molecule has 1 heterocycles. The number of hydrogen-bond donors (Lipinski definition) is 3. The molecule has 0 saturated heterocycles. The summed E-state index contributed by atoms with van der Waals surface area (Å²) in [5.74, 6) is 7.47. The van der Waals surface area contributed by atoms with E-state index in [2.05, 4.69) is 33.7 Å². The molecule has 0 spiro atoms. The molecule has 0 unspecified atom stereocenters. The number of nitrogens with zero attached hydrogens (tertiary/aromatic N) is 3. The normalized spacial score (nSPS) is 9.95. The van der Waals surface area contributed by atoms with E-state index in [-0.39, 0.29) is 0 Å². The van der Waals surface area contributed by atoms with Crippen LogP contribution in [-0.4, -0.2) is 9.97 Å². The molecule has 0 bridgehead atoms. The van der Waals surface area contributed by atoms with Crippen LogP contribution in [0.25, 0.3) is 0 Å². The fourth-order valence-corrected chi connectivity index (χ4v) is 1.94. The molecular formula is C15H18N6. The lowest BCUT2D eigenvalue weighted by Gasteiger charge is -2.09. The Kier molecular flexibility index (Phi) is 5.07. The van der Waals surface area contributed by atoms with Gasteiger partial charge in [-0.05, 0) is 24.1 Å². The molecule has 108 valence electrons. The number of nitrogens with one attached hydrogen (secondary N) is 2. The summed E-state index contributed by atoms with van der Waals surface area (Å²) in [6.07, 6.45) is 1.77. The summed E-state index contributed by atoms with van der Waals surface area (Å²) in [5, 5.41) is 12.1. The average Bonchev–Trinajstić information content (AvgIpc) is 2.53. The van der Waals surface area contributed by atoms with Gasteiger partial charge in [-0.2, -0.15) is 5.26 Å². The molecule has 4 N–H and O–H groups in total. The van der Waals surface area contributed by atoms with Gasteiger partial charge in [-0.25, -0.2) is 15.8 Å². The molecule has 0 radical (unpaired) electrons. The first kappa shape index (κ1) is 14.8. The van der Waals surface area contributed by atoms with E-state index < -0.39 is 0 Å². The maximum Gasteiger partial charge on any atom is 0.145 e. The molecule has 6 heteroatoms. The maximum atomic E-state index is 8.90. The lowest BCUT2D eigenvalue weighted by atomic mass is 10.1. The number of aromatic nitrogens is 2. The van der Waals surface area contributed by atoms with Crippen molar-refractivity contribution in [1.82, 2.24) is 9.97 Å². The Hall–Kier alpha value is -2.65. The number of hydrazine groups is 1. The highest BCUT2D eigenvalue weighted by atomic mass is 15.3. The number of aryl methyl sites for hydroxylation is 1. The molecule has 0 aliphatic carbocycles. The van der Waals surface area contributed by atoms with Gasteiger partial charge < -0.3 is 10.7 Å². The SMILES string of the molecule is CCCc1nc(NN)cc(NCc2cccc(C#N)c2)n1. The summed E-state index contributed by atoms with van der Waals surface area (Å²) in [5.41, 5.74) is 4.22. The Morgan fingerprint density at radius 3 is 2.76 bits per heavy atom. The third-order valence-electron chi connectivity index (χ3n) is 2.92. The van der Waals surface area contributed by atoms with Crippen molar-refractivity contribution in [2.45, 2.75) is 26.3 Å². The summed E-state index contributed by atoms with van der Waals surface area (Å²) in [7, 11) is 0. The summed E-state index contributed by atoms with van der Waals surface area (Å²) in [6.45, 7) is 2.66. The van der Waals surface area contributed by atoms with Crippen LogP contribution in [0.1, 0.15) is 30.3 Å². The van der Waals surface area contributed by atoms with E-state index in [4.69, 9.17) is 11.1 Å². The minimum Gasteiger partial charge on any atom is -0.366 e. The van der Waals surface area contributed by atoms with Crippen LogP contribution in [0, 0.1) is 11.3 Å². The van der Waals surface area contributed by atoms with Gasteiger partial charge in [0.2, 0.25) is 0 Å². The largest absolute Gasteiger partial charge is 0.366 e. The van der Waals surface area contributed by atoms with Crippen molar-refractivity contribution in [3.05, 3.63) is 47.3 Å². The molecule has 0 atom stereocenters. The smallest absolute Gasteiger partial charge is 0.145 e. The predicted molar refractivity (Wildman–Crippen MR) is 82.3 cm³/mol. The number of benzene rings is 1. The Labute approximate surface area is 124 Å². The highest BCUT2D eigenvalue weighted by Crippen LogP contribution is 2.13. The second-order valence-electron chi connectivity index (χ2n) is 4.61. The van der Waals surface area contributed by atoms with E-state index in [0.29, 0.717) is 23.7 Å². The standard InChI is InChI=1S/C15H18N6/c1-2-4-13-19-14(8-15(20-13)21-17)18-10-12-6-3-5-11(7-12)9-16/h3,5-8H,2,4,10,17H2,1H3,(H2,18,19,20,21). The molecule has 0 aliphatic rings. The zero-order chi connectivity index (χ0) is 15.1. The van der Waals surface area contributed by atoms with Crippen molar-refractivity contribution in [2.75, 3.05) is 10.7 Å². The Morgan fingerprint density at radius 1 is 1.24 bits per heavy atom. The predicted octanol–water partition coefficient (Wildman–Crippen LogP) is 2.20. The minimum absolute atomic E-state index is 0.585. The fourth-order valence-electron chi connectivity index (χ4n) is 1.94. The Morgan fingerprint density at radius 2 is 2.05 bits per heavy atom. The van der Waals surface area contributed by atoms with Gasteiger partial charge in [0.15, 0.2) is 0 Å². The molecule has 0 amide bonds. The van der Waals surface area contributed by atoms with Crippen LogP contribution in [0.2, 0.25) is 0 Å². The van der Waals surface area contributed by atoms with E-state index in [1.54, 1.807) is 12.1 Å². The first-order chi connectivity index (χ1) is 10.2. The highest BCUT2D eigenvalue weighted by molar-refractivity contribution is 5.47. The third-order valence-corrected chi connectivity index (χ3v) is 2.92. The quantitative estimate of drug-likeness (QED) is 0.555. The second-order valence-corrected chi connectivity index (χ2v) is 4.61. The summed E-state index contributed by atoms with van der Waals surface area (Å²) >= 11 is 0. The van der Waals surface area contributed by atoms with Gasteiger partial charge in [-0.3, -0.25) is 0 Å². The van der Waals surface area contributed by atoms with Gasteiger partial charge in [0.05, 0.1) is 11.6 Å². The molecule has 2 aromatic rings. The van der Waals surface area contributed by atoms with Crippen molar-refractivity contribution in [2.24, 2.45) is 5.84 Å². The van der Waals surface area contributed by atoms with Crippen LogP contribution in [0.4, 0.5) is 11.6 Å². The minimum atomic E-state index is 0.585. The van der Waals surface area contributed by atoms with Crippen LogP contribution in [0.3, 0.4) is 0 Å². The molecule has 0 saturated carbocycles. The van der Waals surface area contributed by atoms with Gasteiger partial charge in [-0.15, -0.1) is 0 Å². The monoisotopic (exact) mass is 282 g/mol. The van der Waals surface area contributed by atoms with Gasteiger partial charge in [0, 0.05) is 19.0 Å². The average molecular weight is 282 g/mol. The summed E-state index contributed by atoms with van der Waals surface area (Å²) in [6, 6.07) is 11.3. The molecule has 6 nitrogen and oxygen atoms in total. The lowest BCUT2D eigenvalue weighted by Crippen LogP contribution is -2.12. The van der Waals surface area contributed by atoms with Crippen LogP contribution in [-0.2, 0) is 13.0 Å².